The van der Waals surface area contributed by atoms with E-state index in [1.165, 1.54) is 0 Å². The van der Waals surface area contributed by atoms with Crippen LogP contribution in [0.3, 0.4) is 0 Å². The van der Waals surface area contributed by atoms with Crippen molar-refractivity contribution in [1.29, 1.82) is 0 Å². The first-order valence-corrected chi connectivity index (χ1v) is 5.18. The first-order chi connectivity index (χ1) is 7.17. The molecular weight excluding hydrogens is 196 g/mol. The molecule has 0 saturated heterocycles. The number of carbonyl (C=O) groups excluding carboxylic acids is 2. The normalized spacial score (nSPS) is 37.7. The molecule has 2 fully saturated rings. The summed E-state index contributed by atoms with van der Waals surface area (Å²) in [5.41, 5.74) is 4.37. The number of carbonyl (C=O) groups is 2. The Morgan fingerprint density at radius 2 is 1.27 bits per heavy atom. The van der Waals surface area contributed by atoms with Crippen molar-refractivity contribution in [3.8, 4) is 0 Å². The van der Waals surface area contributed by atoms with Gasteiger partial charge in [0.1, 0.15) is 0 Å². The third kappa shape index (κ3) is 1.59. The summed E-state index contributed by atoms with van der Waals surface area (Å²) in [5, 5.41) is 0. The van der Waals surface area contributed by atoms with Crippen LogP contribution < -0.4 is 22.5 Å². The van der Waals surface area contributed by atoms with Gasteiger partial charge in [0.05, 0.1) is 0 Å². The Bertz CT molecular complexity index is 266. The lowest BCUT2D eigenvalue weighted by Gasteiger charge is -2.25. The van der Waals surface area contributed by atoms with Crippen molar-refractivity contribution in [1.82, 2.24) is 10.9 Å². The number of hydrogen-bond donors (Lipinski definition) is 4. The summed E-state index contributed by atoms with van der Waals surface area (Å²) < 4.78 is 0. The molecule has 4 atom stereocenters. The molecule has 0 aromatic carbocycles. The Hall–Kier alpha value is -1.14. The summed E-state index contributed by atoms with van der Waals surface area (Å²) in [4.78, 5) is 22.8. The zero-order valence-electron chi connectivity index (χ0n) is 8.40. The molecule has 6 heteroatoms. The number of hydrazine groups is 2. The largest absolute Gasteiger partial charge is 0.294 e. The standard InChI is InChI=1S/C9H16N4O2/c10-12-8(14)6-2-4-1-5(6)3-7(4)9(15)13-11/h4-7H,1-3,10-11H2,(H,12,14)(H,13,15)/t4-,5+,6-,7-/m1/s1. The van der Waals surface area contributed by atoms with Crippen molar-refractivity contribution in [3.63, 3.8) is 0 Å². The topological polar surface area (TPSA) is 110 Å². The number of nitrogens with one attached hydrogen (secondary N) is 2. The van der Waals surface area contributed by atoms with Crippen LogP contribution >= 0.6 is 0 Å². The lowest BCUT2D eigenvalue weighted by atomic mass is 9.81. The molecule has 6 nitrogen and oxygen atoms in total. The van der Waals surface area contributed by atoms with E-state index in [0.717, 1.165) is 19.3 Å². The van der Waals surface area contributed by atoms with Gasteiger partial charge in [0.2, 0.25) is 11.8 Å². The molecular formula is C9H16N4O2. The van der Waals surface area contributed by atoms with E-state index < -0.39 is 0 Å². The second-order valence-electron chi connectivity index (χ2n) is 4.46. The van der Waals surface area contributed by atoms with Gasteiger partial charge in [-0.2, -0.15) is 0 Å². The van der Waals surface area contributed by atoms with Gasteiger partial charge in [-0.15, -0.1) is 0 Å². The lowest BCUT2D eigenvalue weighted by molar-refractivity contribution is -0.131. The van der Waals surface area contributed by atoms with E-state index in [9.17, 15) is 9.59 Å². The summed E-state index contributed by atoms with van der Waals surface area (Å²) in [7, 11) is 0. The smallest absolute Gasteiger partial charge is 0.237 e. The molecule has 2 saturated carbocycles. The molecule has 2 rings (SSSR count). The van der Waals surface area contributed by atoms with Crippen LogP contribution in [-0.2, 0) is 9.59 Å². The highest BCUT2D eigenvalue weighted by Gasteiger charge is 2.50. The minimum absolute atomic E-state index is 0.0122. The highest BCUT2D eigenvalue weighted by Crippen LogP contribution is 2.51. The SMILES string of the molecule is NNC(=O)[C@@H]1C[C@@H]2C[C@@H]1C[C@H]2C(=O)NN. The first kappa shape index (κ1) is 10.4. The van der Waals surface area contributed by atoms with Gasteiger partial charge in [-0.1, -0.05) is 0 Å². The van der Waals surface area contributed by atoms with Crippen molar-refractivity contribution in [2.45, 2.75) is 19.3 Å². The molecule has 0 heterocycles. The third-order valence-electron chi connectivity index (χ3n) is 3.81. The second-order valence-corrected chi connectivity index (χ2v) is 4.46. The number of rotatable bonds is 2. The summed E-state index contributed by atoms with van der Waals surface area (Å²) in [6.07, 6.45) is 2.45. The van der Waals surface area contributed by atoms with Crippen LogP contribution in [0.15, 0.2) is 0 Å². The van der Waals surface area contributed by atoms with Crippen molar-refractivity contribution in [2.24, 2.45) is 35.4 Å². The van der Waals surface area contributed by atoms with Gasteiger partial charge in [-0.25, -0.2) is 11.7 Å². The number of amides is 2. The van der Waals surface area contributed by atoms with Gasteiger partial charge in [-0.3, -0.25) is 20.4 Å². The minimum atomic E-state index is -0.103. The van der Waals surface area contributed by atoms with E-state index >= 15 is 0 Å². The number of hydrogen-bond acceptors (Lipinski definition) is 4. The van der Waals surface area contributed by atoms with E-state index in [2.05, 4.69) is 10.9 Å². The first-order valence-electron chi connectivity index (χ1n) is 5.18. The summed E-state index contributed by atoms with van der Waals surface area (Å²) in [6, 6.07) is 0. The highest BCUT2D eigenvalue weighted by molar-refractivity contribution is 5.82. The van der Waals surface area contributed by atoms with Crippen LogP contribution in [0.2, 0.25) is 0 Å². The van der Waals surface area contributed by atoms with Gasteiger partial charge in [0, 0.05) is 11.8 Å². The summed E-state index contributed by atoms with van der Waals surface area (Å²) in [5.74, 6) is 10.6. The summed E-state index contributed by atoms with van der Waals surface area (Å²) in [6.45, 7) is 0. The Morgan fingerprint density at radius 1 is 0.867 bits per heavy atom. The fourth-order valence-electron chi connectivity index (χ4n) is 3.13. The van der Waals surface area contributed by atoms with E-state index in [0.29, 0.717) is 11.8 Å². The quantitative estimate of drug-likeness (QED) is 0.257. The van der Waals surface area contributed by atoms with E-state index in [1.807, 2.05) is 0 Å². The van der Waals surface area contributed by atoms with Gasteiger partial charge in [0.25, 0.3) is 0 Å². The maximum absolute atomic E-state index is 11.4. The molecule has 0 spiro atoms. The maximum Gasteiger partial charge on any atom is 0.237 e. The molecule has 2 aliphatic rings. The fourth-order valence-corrected chi connectivity index (χ4v) is 3.13. The lowest BCUT2D eigenvalue weighted by Crippen LogP contribution is -2.42. The number of nitrogens with two attached hydrogens (primary N) is 2. The Morgan fingerprint density at radius 3 is 1.53 bits per heavy atom. The van der Waals surface area contributed by atoms with Crippen LogP contribution in [0, 0.1) is 23.7 Å². The second kappa shape index (κ2) is 3.79. The van der Waals surface area contributed by atoms with Crippen LogP contribution in [-0.4, -0.2) is 11.8 Å². The van der Waals surface area contributed by atoms with Crippen LogP contribution in [0.25, 0.3) is 0 Å². The molecule has 0 aromatic rings. The van der Waals surface area contributed by atoms with Gasteiger partial charge >= 0.3 is 0 Å². The molecule has 2 aliphatic carbocycles. The third-order valence-corrected chi connectivity index (χ3v) is 3.81. The zero-order chi connectivity index (χ0) is 11.0. The average Bonchev–Trinajstić information content (AvgIpc) is 2.85. The predicted octanol–water partition coefficient (Wildman–Crippen LogP) is -1.37. The monoisotopic (exact) mass is 212 g/mol. The highest BCUT2D eigenvalue weighted by atomic mass is 16.2. The summed E-state index contributed by atoms with van der Waals surface area (Å²) >= 11 is 0. The van der Waals surface area contributed by atoms with Crippen LogP contribution in [0.4, 0.5) is 0 Å². The van der Waals surface area contributed by atoms with Crippen molar-refractivity contribution in [3.05, 3.63) is 0 Å². The van der Waals surface area contributed by atoms with Gasteiger partial charge < -0.3 is 0 Å². The van der Waals surface area contributed by atoms with E-state index in [1.54, 1.807) is 0 Å². The molecule has 0 radical (unpaired) electrons. The predicted molar refractivity (Wildman–Crippen MR) is 52.5 cm³/mol. The fraction of sp³-hybridized carbons (Fsp3) is 0.778. The van der Waals surface area contributed by atoms with Crippen LogP contribution in [0.5, 0.6) is 0 Å². The molecule has 0 aromatic heterocycles. The van der Waals surface area contributed by atoms with Crippen LogP contribution in [0.1, 0.15) is 19.3 Å². The average molecular weight is 212 g/mol. The Balaban J connectivity index is 2.00. The van der Waals surface area contributed by atoms with Crippen molar-refractivity contribution >= 4 is 11.8 Å². The molecule has 6 N–H and O–H groups in total. The molecule has 0 unspecified atom stereocenters. The van der Waals surface area contributed by atoms with Crippen molar-refractivity contribution in [2.75, 3.05) is 0 Å². The molecule has 0 aliphatic heterocycles. The van der Waals surface area contributed by atoms with E-state index in [4.69, 9.17) is 11.7 Å². The van der Waals surface area contributed by atoms with E-state index in [-0.39, 0.29) is 23.7 Å². The Kier molecular flexibility index (Phi) is 2.62. The maximum atomic E-state index is 11.4. The zero-order valence-corrected chi connectivity index (χ0v) is 8.40. The number of fused-ring (bicyclic) bond motifs is 2. The van der Waals surface area contributed by atoms with Gasteiger partial charge in [0.15, 0.2) is 0 Å². The molecule has 84 valence electrons. The molecule has 15 heavy (non-hydrogen) atoms. The molecule has 2 bridgehead atoms. The minimum Gasteiger partial charge on any atom is -0.294 e. The Labute approximate surface area is 87.7 Å². The molecule has 2 amide bonds. The van der Waals surface area contributed by atoms with Gasteiger partial charge in [-0.05, 0) is 31.1 Å². The van der Waals surface area contributed by atoms with Crippen molar-refractivity contribution < 1.29 is 9.59 Å².